The lowest BCUT2D eigenvalue weighted by molar-refractivity contribution is -0.109. The van der Waals surface area contributed by atoms with Crippen LogP contribution < -0.4 is 5.32 Å². The van der Waals surface area contributed by atoms with Gasteiger partial charge in [-0.05, 0) is 17.7 Å². The van der Waals surface area contributed by atoms with Gasteiger partial charge in [-0.3, -0.25) is 4.79 Å². The molecule has 0 aliphatic carbocycles. The molecule has 0 aromatic heterocycles. The van der Waals surface area contributed by atoms with Gasteiger partial charge < -0.3 is 10.4 Å². The molecule has 0 atom stereocenters. The van der Waals surface area contributed by atoms with Crippen LogP contribution in [0.2, 0.25) is 0 Å². The van der Waals surface area contributed by atoms with Gasteiger partial charge in [0.2, 0.25) is 6.41 Å². The van der Waals surface area contributed by atoms with Crippen molar-refractivity contribution in [1.82, 2.24) is 5.32 Å². The van der Waals surface area contributed by atoms with E-state index in [4.69, 9.17) is 5.11 Å². The summed E-state index contributed by atoms with van der Waals surface area (Å²) in [6.45, 7) is 4.50. The highest BCUT2D eigenvalue weighted by Gasteiger charge is 1.90. The molecular weight excluding hydrogens is 166 g/mol. The van der Waals surface area contributed by atoms with E-state index >= 15 is 0 Å². The fourth-order valence-corrected chi connectivity index (χ4v) is 0.773. The summed E-state index contributed by atoms with van der Waals surface area (Å²) in [6, 6.07) is 6.68. The van der Waals surface area contributed by atoms with Crippen molar-refractivity contribution in [3.8, 4) is 5.75 Å². The Morgan fingerprint density at radius 3 is 2.31 bits per heavy atom. The van der Waals surface area contributed by atoms with Gasteiger partial charge in [-0.2, -0.15) is 0 Å². The summed E-state index contributed by atoms with van der Waals surface area (Å²) in [5.74, 6) is 0.236. The van der Waals surface area contributed by atoms with Crippen LogP contribution in [-0.4, -0.2) is 11.5 Å². The first-order chi connectivity index (χ1) is 6.33. The molecule has 72 valence electrons. The molecule has 0 saturated heterocycles. The summed E-state index contributed by atoms with van der Waals surface area (Å²) in [4.78, 5) is 9.88. The molecule has 2 N–H and O–H groups in total. The molecule has 0 spiro atoms. The van der Waals surface area contributed by atoms with E-state index in [1.54, 1.807) is 24.3 Å². The lowest BCUT2D eigenvalue weighted by atomic mass is 10.2. The Morgan fingerprint density at radius 2 is 1.85 bits per heavy atom. The normalized spacial score (nSPS) is 8.15. The van der Waals surface area contributed by atoms with E-state index in [1.165, 1.54) is 0 Å². The lowest BCUT2D eigenvalue weighted by Gasteiger charge is -1.98. The number of rotatable bonds is 3. The number of carbonyl (C=O) groups is 1. The average molecular weight is 181 g/mol. The van der Waals surface area contributed by atoms with E-state index in [-0.39, 0.29) is 5.75 Å². The molecule has 1 aromatic carbocycles. The molecule has 0 unspecified atom stereocenters. The topological polar surface area (TPSA) is 49.3 Å². The minimum absolute atomic E-state index is 0.236. The van der Waals surface area contributed by atoms with Gasteiger partial charge in [0.15, 0.2) is 0 Å². The van der Waals surface area contributed by atoms with E-state index in [2.05, 4.69) is 5.32 Å². The molecule has 0 fully saturated rings. The van der Waals surface area contributed by atoms with Crippen molar-refractivity contribution < 1.29 is 9.90 Å². The summed E-state index contributed by atoms with van der Waals surface area (Å²) < 4.78 is 0. The fraction of sp³-hybridized carbons (Fsp3) is 0.300. The summed E-state index contributed by atoms with van der Waals surface area (Å²) in [5.41, 5.74) is 0.968. The van der Waals surface area contributed by atoms with Crippen LogP contribution in [0.3, 0.4) is 0 Å². The summed E-state index contributed by atoms with van der Waals surface area (Å²) in [5, 5.41) is 11.4. The molecular formula is C10H15NO2. The van der Waals surface area contributed by atoms with Crippen molar-refractivity contribution >= 4 is 6.41 Å². The first-order valence-corrected chi connectivity index (χ1v) is 4.28. The van der Waals surface area contributed by atoms with E-state index < -0.39 is 0 Å². The molecule has 0 radical (unpaired) electrons. The molecule has 1 amide bonds. The number of carbonyl (C=O) groups excluding carboxylic acids is 1. The Bertz CT molecular complexity index is 231. The predicted octanol–water partition coefficient (Wildman–Crippen LogP) is 1.66. The second-order valence-corrected chi connectivity index (χ2v) is 2.17. The summed E-state index contributed by atoms with van der Waals surface area (Å²) in [6.07, 6.45) is 0.646. The van der Waals surface area contributed by atoms with Gasteiger partial charge in [-0.25, -0.2) is 0 Å². The van der Waals surface area contributed by atoms with Crippen LogP contribution in [0.25, 0.3) is 0 Å². The molecule has 0 saturated carbocycles. The van der Waals surface area contributed by atoms with Crippen molar-refractivity contribution in [2.75, 3.05) is 0 Å². The smallest absolute Gasteiger partial charge is 0.207 e. The van der Waals surface area contributed by atoms with E-state index in [0.717, 1.165) is 5.56 Å². The zero-order valence-electron chi connectivity index (χ0n) is 7.95. The van der Waals surface area contributed by atoms with Crippen LogP contribution in [0.15, 0.2) is 24.3 Å². The van der Waals surface area contributed by atoms with Crippen molar-refractivity contribution in [3.63, 3.8) is 0 Å². The third-order valence-corrected chi connectivity index (χ3v) is 1.33. The molecule has 3 heteroatoms. The Labute approximate surface area is 78.4 Å². The Balaban J connectivity index is 0.000000671. The molecule has 3 nitrogen and oxygen atoms in total. The second kappa shape index (κ2) is 7.16. The van der Waals surface area contributed by atoms with E-state index in [0.29, 0.717) is 13.0 Å². The largest absolute Gasteiger partial charge is 0.508 e. The van der Waals surface area contributed by atoms with Crippen molar-refractivity contribution in [1.29, 1.82) is 0 Å². The second-order valence-electron chi connectivity index (χ2n) is 2.17. The fourth-order valence-electron chi connectivity index (χ4n) is 0.773. The Hall–Kier alpha value is -1.51. The highest BCUT2D eigenvalue weighted by molar-refractivity contribution is 5.46. The predicted molar refractivity (Wildman–Crippen MR) is 52.4 cm³/mol. The monoisotopic (exact) mass is 181 g/mol. The van der Waals surface area contributed by atoms with Gasteiger partial charge in [-0.15, -0.1) is 0 Å². The van der Waals surface area contributed by atoms with Crippen LogP contribution in [0.1, 0.15) is 19.4 Å². The first kappa shape index (κ1) is 11.5. The van der Waals surface area contributed by atoms with Crippen LogP contribution in [0.4, 0.5) is 0 Å². The number of benzene rings is 1. The van der Waals surface area contributed by atoms with Gasteiger partial charge in [0.05, 0.1) is 0 Å². The average Bonchev–Trinajstić information content (AvgIpc) is 2.20. The molecule has 1 aromatic rings. The highest BCUT2D eigenvalue weighted by Crippen LogP contribution is 2.08. The van der Waals surface area contributed by atoms with Crippen LogP contribution in [0.5, 0.6) is 5.75 Å². The lowest BCUT2D eigenvalue weighted by Crippen LogP contribution is -2.09. The third-order valence-electron chi connectivity index (χ3n) is 1.33. The van der Waals surface area contributed by atoms with Gasteiger partial charge in [-0.1, -0.05) is 26.0 Å². The number of phenolic OH excluding ortho intramolecular Hbond substituents is 1. The maximum Gasteiger partial charge on any atom is 0.207 e. The Kier molecular flexibility index (Phi) is 6.32. The van der Waals surface area contributed by atoms with Gasteiger partial charge in [0, 0.05) is 6.54 Å². The van der Waals surface area contributed by atoms with E-state index in [9.17, 15) is 4.79 Å². The molecule has 0 aliphatic heterocycles. The number of hydrogen-bond acceptors (Lipinski definition) is 2. The quantitative estimate of drug-likeness (QED) is 0.697. The van der Waals surface area contributed by atoms with Crippen molar-refractivity contribution in [3.05, 3.63) is 29.8 Å². The van der Waals surface area contributed by atoms with Crippen molar-refractivity contribution in [2.45, 2.75) is 20.4 Å². The number of hydrogen-bond donors (Lipinski definition) is 2. The Morgan fingerprint density at radius 1 is 1.31 bits per heavy atom. The van der Waals surface area contributed by atoms with Crippen LogP contribution >= 0.6 is 0 Å². The molecule has 0 heterocycles. The number of amides is 1. The highest BCUT2D eigenvalue weighted by atomic mass is 16.3. The van der Waals surface area contributed by atoms with Gasteiger partial charge in [0.1, 0.15) is 5.75 Å². The maximum absolute atomic E-state index is 9.88. The van der Waals surface area contributed by atoms with Crippen LogP contribution in [0, 0.1) is 0 Å². The summed E-state index contributed by atoms with van der Waals surface area (Å²) in [7, 11) is 0. The van der Waals surface area contributed by atoms with Gasteiger partial charge in [0.25, 0.3) is 0 Å². The molecule has 0 aliphatic rings. The number of phenols is 1. The minimum Gasteiger partial charge on any atom is -0.508 e. The third kappa shape index (κ3) is 4.85. The molecule has 0 bridgehead atoms. The molecule has 1 rings (SSSR count). The SMILES string of the molecule is CC.O=CNCc1ccc(O)cc1. The number of aromatic hydroxyl groups is 1. The molecule has 13 heavy (non-hydrogen) atoms. The zero-order chi connectivity index (χ0) is 10.1. The van der Waals surface area contributed by atoms with Crippen LogP contribution in [-0.2, 0) is 11.3 Å². The standard InChI is InChI=1S/C8H9NO2.C2H6/c10-6-9-5-7-1-3-8(11)4-2-7;1-2/h1-4,6,11H,5H2,(H,9,10);1-2H3. The minimum atomic E-state index is 0.236. The first-order valence-electron chi connectivity index (χ1n) is 4.28. The van der Waals surface area contributed by atoms with E-state index in [1.807, 2.05) is 13.8 Å². The number of nitrogens with one attached hydrogen (secondary N) is 1. The summed E-state index contributed by atoms with van der Waals surface area (Å²) >= 11 is 0. The zero-order valence-corrected chi connectivity index (χ0v) is 7.95. The van der Waals surface area contributed by atoms with Gasteiger partial charge >= 0.3 is 0 Å². The maximum atomic E-state index is 9.88. The van der Waals surface area contributed by atoms with Crippen molar-refractivity contribution in [2.24, 2.45) is 0 Å².